The molecule has 0 radical (unpaired) electrons. The van der Waals surface area contributed by atoms with Gasteiger partial charge in [-0.1, -0.05) is 0 Å². The van der Waals surface area contributed by atoms with Gasteiger partial charge < -0.3 is 5.11 Å². The molecule has 8 heteroatoms. The highest BCUT2D eigenvalue weighted by Crippen LogP contribution is 2.33. The Balaban J connectivity index is 2.11. The Kier molecular flexibility index (Phi) is 2.68. The molecular formula is C11H12N2O4S2. The van der Waals surface area contributed by atoms with Crippen molar-refractivity contribution in [1.82, 2.24) is 9.78 Å². The van der Waals surface area contributed by atoms with Gasteiger partial charge in [0.2, 0.25) is 0 Å². The Morgan fingerprint density at radius 1 is 1.58 bits per heavy atom. The fourth-order valence-electron chi connectivity index (χ4n) is 2.39. The molecule has 0 amide bonds. The van der Waals surface area contributed by atoms with Crippen molar-refractivity contribution in [3.63, 3.8) is 0 Å². The van der Waals surface area contributed by atoms with Gasteiger partial charge in [0, 0.05) is 5.39 Å². The van der Waals surface area contributed by atoms with Crippen LogP contribution in [0.2, 0.25) is 0 Å². The summed E-state index contributed by atoms with van der Waals surface area (Å²) in [6, 6.07) is 1.42. The van der Waals surface area contributed by atoms with Crippen molar-refractivity contribution < 1.29 is 18.3 Å². The largest absolute Gasteiger partial charge is 0.477 e. The van der Waals surface area contributed by atoms with Gasteiger partial charge in [0.25, 0.3) is 0 Å². The third kappa shape index (κ3) is 2.04. The van der Waals surface area contributed by atoms with Crippen molar-refractivity contribution in [3.05, 3.63) is 16.6 Å². The number of hydrogen-bond acceptors (Lipinski definition) is 5. The normalized spacial score (nSPS) is 22.1. The van der Waals surface area contributed by atoms with Crippen LogP contribution < -0.4 is 0 Å². The van der Waals surface area contributed by atoms with Gasteiger partial charge in [-0.15, -0.1) is 11.3 Å². The van der Waals surface area contributed by atoms with Crippen LogP contribution in [0.4, 0.5) is 0 Å². The number of aryl methyl sites for hydroxylation is 1. The molecule has 3 heterocycles. The first-order valence-electron chi connectivity index (χ1n) is 5.80. The first-order valence-corrected chi connectivity index (χ1v) is 8.43. The highest BCUT2D eigenvalue weighted by molar-refractivity contribution is 7.91. The summed E-state index contributed by atoms with van der Waals surface area (Å²) in [5.41, 5.74) is 0.739. The van der Waals surface area contributed by atoms with E-state index in [0.717, 1.165) is 27.2 Å². The van der Waals surface area contributed by atoms with Gasteiger partial charge in [-0.25, -0.2) is 13.2 Å². The van der Waals surface area contributed by atoms with Gasteiger partial charge in [-0.2, -0.15) is 5.10 Å². The molecule has 1 atom stereocenters. The maximum absolute atomic E-state index is 11.5. The predicted octanol–water partition coefficient (Wildman–Crippen LogP) is 1.46. The van der Waals surface area contributed by atoms with E-state index in [4.69, 9.17) is 5.11 Å². The molecule has 0 bridgehead atoms. The van der Waals surface area contributed by atoms with Crippen LogP contribution in [0.3, 0.4) is 0 Å². The molecule has 19 heavy (non-hydrogen) atoms. The lowest BCUT2D eigenvalue weighted by Gasteiger charge is -2.08. The van der Waals surface area contributed by atoms with E-state index >= 15 is 0 Å². The van der Waals surface area contributed by atoms with Gasteiger partial charge in [0.05, 0.1) is 23.2 Å². The Morgan fingerprint density at radius 2 is 2.32 bits per heavy atom. The van der Waals surface area contributed by atoms with Crippen molar-refractivity contribution in [2.24, 2.45) is 0 Å². The van der Waals surface area contributed by atoms with Crippen LogP contribution in [0.5, 0.6) is 0 Å². The second-order valence-electron chi connectivity index (χ2n) is 4.72. The zero-order chi connectivity index (χ0) is 13.8. The number of thiophene rings is 1. The lowest BCUT2D eigenvalue weighted by molar-refractivity contribution is 0.0702. The van der Waals surface area contributed by atoms with Gasteiger partial charge >= 0.3 is 5.97 Å². The number of aromatic carboxylic acids is 1. The molecule has 2 aromatic heterocycles. The Bertz CT molecular complexity index is 772. The summed E-state index contributed by atoms with van der Waals surface area (Å²) in [6.07, 6.45) is 0.541. The van der Waals surface area contributed by atoms with E-state index in [2.05, 4.69) is 5.10 Å². The maximum atomic E-state index is 11.5. The molecule has 1 aliphatic rings. The number of aromatic nitrogens is 2. The molecule has 6 nitrogen and oxygen atoms in total. The SMILES string of the molecule is Cc1nn(C2CCS(=O)(=O)C2)c2sc(C(=O)O)cc12. The summed E-state index contributed by atoms with van der Waals surface area (Å²) in [5, 5.41) is 14.2. The first-order chi connectivity index (χ1) is 8.87. The summed E-state index contributed by atoms with van der Waals surface area (Å²) in [6.45, 7) is 1.81. The summed E-state index contributed by atoms with van der Waals surface area (Å²) in [5.74, 6) is -0.704. The predicted molar refractivity (Wildman–Crippen MR) is 71.6 cm³/mol. The zero-order valence-corrected chi connectivity index (χ0v) is 11.8. The van der Waals surface area contributed by atoms with E-state index in [1.165, 1.54) is 0 Å². The monoisotopic (exact) mass is 300 g/mol. The minimum absolute atomic E-state index is 0.0868. The summed E-state index contributed by atoms with van der Waals surface area (Å²) in [7, 11) is -2.99. The Hall–Kier alpha value is -1.41. The number of nitrogens with zero attached hydrogens (tertiary/aromatic N) is 2. The highest BCUT2D eigenvalue weighted by atomic mass is 32.2. The second-order valence-corrected chi connectivity index (χ2v) is 7.98. The molecule has 0 saturated carbocycles. The minimum atomic E-state index is -2.99. The number of hydrogen-bond donors (Lipinski definition) is 1. The average molecular weight is 300 g/mol. The smallest absolute Gasteiger partial charge is 0.345 e. The Labute approximate surface area is 113 Å². The number of fused-ring (bicyclic) bond motifs is 1. The van der Waals surface area contributed by atoms with Gasteiger partial charge in [-0.3, -0.25) is 4.68 Å². The van der Waals surface area contributed by atoms with Crippen LogP contribution in [0, 0.1) is 6.92 Å². The van der Waals surface area contributed by atoms with Crippen LogP contribution in [0.25, 0.3) is 10.2 Å². The molecular weight excluding hydrogens is 288 g/mol. The highest BCUT2D eigenvalue weighted by Gasteiger charge is 2.31. The summed E-state index contributed by atoms with van der Waals surface area (Å²) < 4.78 is 24.8. The summed E-state index contributed by atoms with van der Waals surface area (Å²) in [4.78, 5) is 12.0. The molecule has 1 saturated heterocycles. The fourth-order valence-corrected chi connectivity index (χ4v) is 5.16. The number of rotatable bonds is 2. The van der Waals surface area contributed by atoms with E-state index < -0.39 is 15.8 Å². The third-order valence-corrected chi connectivity index (χ3v) is 6.20. The van der Waals surface area contributed by atoms with Crippen LogP contribution >= 0.6 is 11.3 Å². The summed E-state index contributed by atoms with van der Waals surface area (Å²) >= 11 is 1.15. The van der Waals surface area contributed by atoms with Gasteiger partial charge in [0.1, 0.15) is 9.71 Å². The van der Waals surface area contributed by atoms with E-state index in [1.807, 2.05) is 0 Å². The van der Waals surface area contributed by atoms with E-state index in [1.54, 1.807) is 17.7 Å². The number of carbonyl (C=O) groups is 1. The quantitative estimate of drug-likeness (QED) is 0.907. The Morgan fingerprint density at radius 3 is 2.89 bits per heavy atom. The lowest BCUT2D eigenvalue weighted by atomic mass is 10.2. The molecule has 0 aromatic carbocycles. The average Bonchev–Trinajstić information content (AvgIpc) is 2.94. The number of carboxylic acids is 1. The molecule has 2 aromatic rings. The standard InChI is InChI=1S/C11H12N2O4S2/c1-6-8-4-9(11(14)15)18-10(8)13(12-6)7-2-3-19(16,17)5-7/h4,7H,2-3,5H2,1H3,(H,14,15). The van der Waals surface area contributed by atoms with Crippen molar-refractivity contribution in [3.8, 4) is 0 Å². The third-order valence-electron chi connectivity index (χ3n) is 3.33. The van der Waals surface area contributed by atoms with Crippen LogP contribution in [0.1, 0.15) is 27.8 Å². The number of sulfone groups is 1. The van der Waals surface area contributed by atoms with E-state index in [0.29, 0.717) is 6.42 Å². The van der Waals surface area contributed by atoms with Crippen molar-refractivity contribution >= 4 is 37.4 Å². The molecule has 0 aliphatic carbocycles. The zero-order valence-electron chi connectivity index (χ0n) is 10.2. The van der Waals surface area contributed by atoms with Crippen LogP contribution in [0.15, 0.2) is 6.07 Å². The molecule has 0 spiro atoms. The molecule has 1 fully saturated rings. The second kappa shape index (κ2) is 4.04. The van der Waals surface area contributed by atoms with Crippen LogP contribution in [-0.4, -0.2) is 40.8 Å². The van der Waals surface area contributed by atoms with Gasteiger partial charge in [0.15, 0.2) is 9.84 Å². The molecule has 1 N–H and O–H groups in total. The van der Waals surface area contributed by atoms with Gasteiger partial charge in [-0.05, 0) is 19.4 Å². The minimum Gasteiger partial charge on any atom is -0.477 e. The van der Waals surface area contributed by atoms with E-state index in [9.17, 15) is 13.2 Å². The van der Waals surface area contributed by atoms with E-state index in [-0.39, 0.29) is 22.4 Å². The topological polar surface area (TPSA) is 89.3 Å². The molecule has 1 aliphatic heterocycles. The number of carboxylic acid groups (broad SMARTS) is 1. The first kappa shape index (κ1) is 12.6. The molecule has 102 valence electrons. The molecule has 3 rings (SSSR count). The fraction of sp³-hybridized carbons (Fsp3) is 0.455. The molecule has 1 unspecified atom stereocenters. The van der Waals surface area contributed by atoms with Crippen LogP contribution in [-0.2, 0) is 9.84 Å². The van der Waals surface area contributed by atoms with Crippen molar-refractivity contribution in [2.75, 3.05) is 11.5 Å². The lowest BCUT2D eigenvalue weighted by Crippen LogP contribution is -2.12. The van der Waals surface area contributed by atoms with Crippen molar-refractivity contribution in [2.45, 2.75) is 19.4 Å². The van der Waals surface area contributed by atoms with Crippen molar-refractivity contribution in [1.29, 1.82) is 0 Å². The maximum Gasteiger partial charge on any atom is 0.345 e.